The second-order valence-corrected chi connectivity index (χ2v) is 8.62. The Bertz CT molecular complexity index is 1340. The van der Waals surface area contributed by atoms with E-state index in [1.807, 2.05) is 24.3 Å². The van der Waals surface area contributed by atoms with Gasteiger partial charge in [0.25, 0.3) is 0 Å². The molecule has 0 fully saturated rings. The molecule has 0 bridgehead atoms. The zero-order chi connectivity index (χ0) is 24.1. The van der Waals surface area contributed by atoms with Gasteiger partial charge in [-0.15, -0.1) is 0 Å². The average molecular weight is 462 g/mol. The van der Waals surface area contributed by atoms with Gasteiger partial charge in [0.1, 0.15) is 0 Å². The highest BCUT2D eigenvalue weighted by Crippen LogP contribution is 2.21. The number of hydrogen-bond donors (Lipinski definition) is 1. The van der Waals surface area contributed by atoms with Gasteiger partial charge in [-0.05, 0) is 48.6 Å². The first kappa shape index (κ1) is 23.2. The smallest absolute Gasteiger partial charge is 0.420 e. The van der Waals surface area contributed by atoms with E-state index in [-0.39, 0.29) is 12.1 Å². The van der Waals surface area contributed by atoms with Gasteiger partial charge in [-0.1, -0.05) is 38.5 Å². The van der Waals surface area contributed by atoms with Gasteiger partial charge in [-0.3, -0.25) is 4.57 Å². The number of unbranched alkanes of at least 4 members (excludes halogenated alkanes) is 1. The minimum Gasteiger partial charge on any atom is -0.490 e. The topological polar surface area (TPSA) is 107 Å². The standard InChI is InChI=1S/C26H27N3O5/c1-17(2)6-3-4-11-33-21-14-27-24(28-15-21)19-8-5-7-18(12-19)16-29-22-13-20(25(30)31)9-10-23(22)34-26(29)32/h5,7-10,12-15,17H,3-4,6,11,16H2,1-2H3,(H,30,31). The Kier molecular flexibility index (Phi) is 7.06. The van der Waals surface area contributed by atoms with Crippen LogP contribution in [-0.2, 0) is 6.54 Å². The third kappa shape index (κ3) is 5.51. The summed E-state index contributed by atoms with van der Waals surface area (Å²) in [6.07, 6.45) is 6.66. The number of carboxylic acids is 1. The lowest BCUT2D eigenvalue weighted by atomic mass is 10.1. The van der Waals surface area contributed by atoms with Crippen molar-refractivity contribution in [1.29, 1.82) is 0 Å². The minimum atomic E-state index is -1.07. The van der Waals surface area contributed by atoms with Crippen LogP contribution in [-0.4, -0.2) is 32.2 Å². The summed E-state index contributed by atoms with van der Waals surface area (Å²) in [6.45, 7) is 5.29. The van der Waals surface area contributed by atoms with E-state index in [4.69, 9.17) is 9.15 Å². The van der Waals surface area contributed by atoms with Gasteiger partial charge in [0.2, 0.25) is 0 Å². The van der Waals surface area contributed by atoms with Gasteiger partial charge in [-0.25, -0.2) is 19.6 Å². The first-order valence-corrected chi connectivity index (χ1v) is 11.3. The van der Waals surface area contributed by atoms with Crippen molar-refractivity contribution in [3.63, 3.8) is 0 Å². The molecule has 0 unspecified atom stereocenters. The molecule has 8 nitrogen and oxygen atoms in total. The lowest BCUT2D eigenvalue weighted by Gasteiger charge is -2.08. The van der Waals surface area contributed by atoms with Gasteiger partial charge in [0.05, 0.1) is 36.6 Å². The number of carbonyl (C=O) groups is 1. The molecule has 2 aromatic heterocycles. The molecule has 0 saturated carbocycles. The van der Waals surface area contributed by atoms with Crippen molar-refractivity contribution < 1.29 is 19.1 Å². The Hall–Kier alpha value is -3.94. The van der Waals surface area contributed by atoms with Crippen molar-refractivity contribution in [3.8, 4) is 17.1 Å². The molecule has 0 atom stereocenters. The van der Waals surface area contributed by atoms with Crippen LogP contribution in [0.5, 0.6) is 5.75 Å². The third-order valence-electron chi connectivity index (χ3n) is 5.51. The van der Waals surface area contributed by atoms with Crippen LogP contribution in [0.25, 0.3) is 22.5 Å². The van der Waals surface area contributed by atoms with Gasteiger partial charge in [-0.2, -0.15) is 0 Å². The normalized spacial score (nSPS) is 11.3. The molecule has 2 heterocycles. The molecule has 0 aliphatic carbocycles. The number of ether oxygens (including phenoxy) is 1. The summed E-state index contributed by atoms with van der Waals surface area (Å²) >= 11 is 0. The summed E-state index contributed by atoms with van der Waals surface area (Å²) in [5, 5.41) is 9.26. The van der Waals surface area contributed by atoms with Crippen molar-refractivity contribution in [1.82, 2.24) is 14.5 Å². The summed E-state index contributed by atoms with van der Waals surface area (Å²) in [5.41, 5.74) is 2.49. The molecule has 2 aromatic carbocycles. The van der Waals surface area contributed by atoms with Crippen LogP contribution in [0.15, 0.2) is 64.1 Å². The van der Waals surface area contributed by atoms with Crippen LogP contribution in [0, 0.1) is 5.92 Å². The van der Waals surface area contributed by atoms with Crippen LogP contribution in [0.1, 0.15) is 49.0 Å². The monoisotopic (exact) mass is 461 g/mol. The van der Waals surface area contributed by atoms with Gasteiger partial charge < -0.3 is 14.3 Å². The zero-order valence-electron chi connectivity index (χ0n) is 19.2. The second-order valence-electron chi connectivity index (χ2n) is 8.62. The molecule has 8 heteroatoms. The molecular formula is C26H27N3O5. The zero-order valence-corrected chi connectivity index (χ0v) is 19.2. The van der Waals surface area contributed by atoms with E-state index in [2.05, 4.69) is 23.8 Å². The highest BCUT2D eigenvalue weighted by Gasteiger charge is 2.13. The number of oxazole rings is 1. The van der Waals surface area contributed by atoms with E-state index < -0.39 is 11.7 Å². The van der Waals surface area contributed by atoms with E-state index in [1.165, 1.54) is 29.2 Å². The Labute approximate surface area is 196 Å². The number of aromatic carboxylic acids is 1. The first-order chi connectivity index (χ1) is 16.4. The van der Waals surface area contributed by atoms with Crippen LogP contribution >= 0.6 is 0 Å². The van der Waals surface area contributed by atoms with E-state index in [1.54, 1.807) is 12.4 Å². The predicted molar refractivity (Wildman–Crippen MR) is 128 cm³/mol. The van der Waals surface area contributed by atoms with E-state index in [0.717, 1.165) is 24.0 Å². The average Bonchev–Trinajstić information content (AvgIpc) is 3.13. The highest BCUT2D eigenvalue weighted by atomic mass is 16.5. The Morgan fingerprint density at radius 3 is 2.65 bits per heavy atom. The van der Waals surface area contributed by atoms with Crippen LogP contribution in [0.3, 0.4) is 0 Å². The fraction of sp³-hybridized carbons (Fsp3) is 0.308. The fourth-order valence-electron chi connectivity index (χ4n) is 3.72. The Morgan fingerprint density at radius 1 is 1.12 bits per heavy atom. The van der Waals surface area contributed by atoms with Gasteiger partial charge in [0, 0.05) is 5.56 Å². The summed E-state index contributed by atoms with van der Waals surface area (Å²) in [6, 6.07) is 11.9. The number of rotatable bonds is 10. The number of benzene rings is 2. The summed E-state index contributed by atoms with van der Waals surface area (Å²) < 4.78 is 12.4. The maximum Gasteiger partial charge on any atom is 0.420 e. The predicted octanol–water partition coefficient (Wildman–Crippen LogP) is 5.00. The largest absolute Gasteiger partial charge is 0.490 e. The number of carboxylic acid groups (broad SMARTS) is 1. The molecule has 1 N–H and O–H groups in total. The minimum absolute atomic E-state index is 0.0893. The maximum atomic E-state index is 12.4. The van der Waals surface area contributed by atoms with Crippen molar-refractivity contribution in [2.45, 2.75) is 39.7 Å². The molecule has 0 aliphatic rings. The fourth-order valence-corrected chi connectivity index (χ4v) is 3.72. The van der Waals surface area contributed by atoms with E-state index >= 15 is 0 Å². The maximum absolute atomic E-state index is 12.4. The summed E-state index contributed by atoms with van der Waals surface area (Å²) in [7, 11) is 0. The summed E-state index contributed by atoms with van der Waals surface area (Å²) in [4.78, 5) is 32.6. The molecule has 0 aliphatic heterocycles. The molecule has 176 valence electrons. The number of nitrogens with zero attached hydrogens (tertiary/aromatic N) is 3. The van der Waals surface area contributed by atoms with Crippen molar-refractivity contribution in [2.24, 2.45) is 5.92 Å². The van der Waals surface area contributed by atoms with Crippen molar-refractivity contribution in [2.75, 3.05) is 6.61 Å². The van der Waals surface area contributed by atoms with Crippen LogP contribution in [0.4, 0.5) is 0 Å². The molecule has 0 spiro atoms. The molecule has 4 aromatic rings. The van der Waals surface area contributed by atoms with Crippen LogP contribution in [0.2, 0.25) is 0 Å². The second kappa shape index (κ2) is 10.3. The molecule has 4 rings (SSSR count). The molecular weight excluding hydrogens is 434 g/mol. The summed E-state index contributed by atoms with van der Waals surface area (Å²) in [5.74, 6) is 0.270. The lowest BCUT2D eigenvalue weighted by Crippen LogP contribution is -2.15. The van der Waals surface area contributed by atoms with E-state index in [9.17, 15) is 14.7 Å². The Balaban J connectivity index is 1.47. The Morgan fingerprint density at radius 2 is 1.91 bits per heavy atom. The quantitative estimate of drug-likeness (QED) is 0.331. The van der Waals surface area contributed by atoms with Crippen molar-refractivity contribution in [3.05, 3.63) is 76.5 Å². The molecule has 34 heavy (non-hydrogen) atoms. The number of aromatic nitrogens is 3. The van der Waals surface area contributed by atoms with Gasteiger partial charge in [0.15, 0.2) is 17.2 Å². The van der Waals surface area contributed by atoms with E-state index in [0.29, 0.717) is 35.2 Å². The highest BCUT2D eigenvalue weighted by molar-refractivity contribution is 5.91. The van der Waals surface area contributed by atoms with Crippen LogP contribution < -0.4 is 10.5 Å². The number of fused-ring (bicyclic) bond motifs is 1. The molecule has 0 amide bonds. The number of hydrogen-bond acceptors (Lipinski definition) is 6. The lowest BCUT2D eigenvalue weighted by molar-refractivity contribution is 0.0697. The van der Waals surface area contributed by atoms with Crippen molar-refractivity contribution >= 4 is 17.1 Å². The third-order valence-corrected chi connectivity index (χ3v) is 5.51. The van der Waals surface area contributed by atoms with Gasteiger partial charge >= 0.3 is 11.7 Å². The first-order valence-electron chi connectivity index (χ1n) is 11.3. The SMILES string of the molecule is CC(C)CCCCOc1cnc(-c2cccc(Cn3c(=O)oc4ccc(C(=O)O)cc43)c2)nc1. The molecule has 0 radical (unpaired) electrons. The molecule has 0 saturated heterocycles.